The summed E-state index contributed by atoms with van der Waals surface area (Å²) in [5.41, 5.74) is 0.520. The van der Waals surface area contributed by atoms with Crippen molar-refractivity contribution in [1.82, 2.24) is 9.88 Å². The number of likely N-dealkylation sites (N-methyl/N-ethyl adjacent to an activating group) is 1. The molecule has 0 saturated carbocycles. The Bertz CT molecular complexity index is 753. The van der Waals surface area contributed by atoms with Crippen molar-refractivity contribution >= 4 is 23.2 Å². The number of hydrogen-bond acceptors (Lipinski definition) is 5. The number of amides is 1. The summed E-state index contributed by atoms with van der Waals surface area (Å²) in [7, 11) is 1.49. The molecule has 1 aromatic heterocycles. The summed E-state index contributed by atoms with van der Waals surface area (Å²) in [6.45, 7) is 5.33. The number of aromatic nitrogens is 1. The second kappa shape index (κ2) is 7.65. The van der Waals surface area contributed by atoms with Gasteiger partial charge in [0.15, 0.2) is 0 Å². The molecule has 0 bridgehead atoms. The van der Waals surface area contributed by atoms with Crippen molar-refractivity contribution in [2.75, 3.05) is 7.05 Å². The Kier molecular flexibility index (Phi) is 5.79. The van der Waals surface area contributed by atoms with Crippen molar-refractivity contribution in [2.45, 2.75) is 39.3 Å². The van der Waals surface area contributed by atoms with Gasteiger partial charge in [0.1, 0.15) is 22.9 Å². The summed E-state index contributed by atoms with van der Waals surface area (Å²) in [4.78, 5) is 29.1. The number of aliphatic carboxylic acids is 1. The molecule has 0 atom stereocenters. The molecule has 1 aromatic carbocycles. The maximum absolute atomic E-state index is 12.3. The van der Waals surface area contributed by atoms with Crippen molar-refractivity contribution in [1.29, 1.82) is 0 Å². The third-order valence-electron chi connectivity index (χ3n) is 4.05. The average molecular weight is 362 g/mol. The van der Waals surface area contributed by atoms with Crippen LogP contribution < -0.4 is 4.74 Å². The predicted molar refractivity (Wildman–Crippen MR) is 95.8 cm³/mol. The van der Waals surface area contributed by atoms with E-state index in [1.54, 1.807) is 5.38 Å². The van der Waals surface area contributed by atoms with Crippen molar-refractivity contribution in [3.05, 3.63) is 45.9 Å². The molecule has 1 N–H and O–H groups in total. The van der Waals surface area contributed by atoms with Gasteiger partial charge in [-0.1, -0.05) is 17.7 Å². The Labute approximate surface area is 151 Å². The first kappa shape index (κ1) is 18.9. The van der Waals surface area contributed by atoms with Gasteiger partial charge < -0.3 is 14.7 Å². The van der Waals surface area contributed by atoms with Gasteiger partial charge in [0.2, 0.25) is 5.91 Å². The highest BCUT2D eigenvalue weighted by atomic mass is 32.1. The fourth-order valence-electron chi connectivity index (χ4n) is 2.00. The molecular weight excluding hydrogens is 340 g/mol. The molecular formula is C18H22N2O4S. The van der Waals surface area contributed by atoms with Gasteiger partial charge >= 0.3 is 5.97 Å². The molecule has 134 valence electrons. The minimum atomic E-state index is -1.26. The van der Waals surface area contributed by atoms with Crippen molar-refractivity contribution in [2.24, 2.45) is 0 Å². The fraction of sp³-hybridized carbons (Fsp3) is 0.389. The second-order valence-corrected chi connectivity index (χ2v) is 7.27. The Morgan fingerprint density at radius 2 is 1.92 bits per heavy atom. The molecule has 1 amide bonds. The zero-order chi connectivity index (χ0) is 18.6. The fourth-order valence-corrected chi connectivity index (χ4v) is 2.71. The first-order valence-electron chi connectivity index (χ1n) is 7.83. The number of carboxylic acid groups (broad SMARTS) is 1. The number of aryl methyl sites for hydroxylation is 1. The number of ether oxygens (including phenoxy) is 1. The van der Waals surface area contributed by atoms with Gasteiger partial charge in [-0.25, -0.2) is 9.78 Å². The van der Waals surface area contributed by atoms with Crippen molar-refractivity contribution < 1.29 is 19.4 Å². The topological polar surface area (TPSA) is 79.7 Å². The summed E-state index contributed by atoms with van der Waals surface area (Å²) in [5, 5.41) is 11.8. The highest BCUT2D eigenvalue weighted by Crippen LogP contribution is 2.18. The van der Waals surface area contributed by atoms with Crippen LogP contribution in [0.4, 0.5) is 0 Å². The second-order valence-electron chi connectivity index (χ2n) is 6.33. The van der Waals surface area contributed by atoms with Crippen LogP contribution in [0.15, 0.2) is 29.6 Å². The van der Waals surface area contributed by atoms with Crippen LogP contribution in [0, 0.1) is 6.92 Å². The highest BCUT2D eigenvalue weighted by Gasteiger charge is 2.35. The van der Waals surface area contributed by atoms with Crippen LogP contribution in [0.5, 0.6) is 5.75 Å². The lowest BCUT2D eigenvalue weighted by Gasteiger charge is -2.31. The van der Waals surface area contributed by atoms with Gasteiger partial charge in [-0.2, -0.15) is 0 Å². The smallest absolute Gasteiger partial charge is 0.329 e. The van der Waals surface area contributed by atoms with Crippen LogP contribution in [0.1, 0.15) is 30.1 Å². The van der Waals surface area contributed by atoms with E-state index in [1.807, 2.05) is 31.2 Å². The molecule has 0 radical (unpaired) electrons. The normalized spacial score (nSPS) is 11.2. The molecule has 6 nitrogen and oxygen atoms in total. The van der Waals surface area contributed by atoms with Gasteiger partial charge in [-0.15, -0.1) is 11.3 Å². The highest BCUT2D eigenvalue weighted by molar-refractivity contribution is 7.09. The van der Waals surface area contributed by atoms with Gasteiger partial charge in [-0.05, 0) is 32.9 Å². The zero-order valence-electron chi connectivity index (χ0n) is 14.8. The van der Waals surface area contributed by atoms with E-state index in [9.17, 15) is 14.7 Å². The molecule has 2 aromatic rings. The number of carboxylic acids is 1. The summed E-state index contributed by atoms with van der Waals surface area (Å²) in [6, 6.07) is 7.75. The maximum atomic E-state index is 12.3. The predicted octanol–water partition coefficient (Wildman–Crippen LogP) is 2.89. The molecule has 0 unspecified atom stereocenters. The molecule has 1 heterocycles. The largest absolute Gasteiger partial charge is 0.486 e. The van der Waals surface area contributed by atoms with Crippen LogP contribution in [0.2, 0.25) is 0 Å². The monoisotopic (exact) mass is 362 g/mol. The van der Waals surface area contributed by atoms with E-state index in [-0.39, 0.29) is 12.3 Å². The molecule has 7 heteroatoms. The van der Waals surface area contributed by atoms with Crippen LogP contribution >= 0.6 is 11.3 Å². The standard InChI is InChI=1S/C18H22N2O4S/c1-12-5-7-14(8-6-12)24-10-15-19-13(11-25-15)9-16(21)20(4)18(2,3)17(22)23/h5-8,11H,9-10H2,1-4H3,(H,22,23). The molecule has 0 spiro atoms. The lowest BCUT2D eigenvalue weighted by molar-refractivity contribution is -0.155. The molecule has 0 aliphatic carbocycles. The number of benzene rings is 1. The quantitative estimate of drug-likeness (QED) is 0.819. The van der Waals surface area contributed by atoms with E-state index < -0.39 is 11.5 Å². The number of nitrogens with zero attached hydrogens (tertiary/aromatic N) is 2. The Morgan fingerprint density at radius 1 is 1.28 bits per heavy atom. The number of carbonyl (C=O) groups is 2. The third-order valence-corrected chi connectivity index (χ3v) is 4.92. The minimum Gasteiger partial charge on any atom is -0.486 e. The SMILES string of the molecule is Cc1ccc(OCc2nc(CC(=O)N(C)C(C)(C)C(=O)O)cs2)cc1. The molecule has 2 rings (SSSR count). The van der Waals surface area contributed by atoms with E-state index in [0.717, 1.165) is 16.3 Å². The van der Waals surface area contributed by atoms with E-state index in [1.165, 1.54) is 37.1 Å². The molecule has 0 aliphatic rings. The summed E-state index contributed by atoms with van der Waals surface area (Å²) >= 11 is 1.42. The number of hydrogen-bond donors (Lipinski definition) is 1. The van der Waals surface area contributed by atoms with Gasteiger partial charge in [0.25, 0.3) is 0 Å². The lowest BCUT2D eigenvalue weighted by atomic mass is 10.0. The third kappa shape index (κ3) is 4.79. The molecule has 0 aliphatic heterocycles. The minimum absolute atomic E-state index is 0.0637. The van der Waals surface area contributed by atoms with Crippen LogP contribution in [0.25, 0.3) is 0 Å². The molecule has 0 fully saturated rings. The van der Waals surface area contributed by atoms with E-state index in [4.69, 9.17) is 4.74 Å². The number of thiazole rings is 1. The van der Waals surface area contributed by atoms with E-state index in [2.05, 4.69) is 4.98 Å². The summed E-state index contributed by atoms with van der Waals surface area (Å²) < 4.78 is 5.67. The number of rotatable bonds is 7. The van der Waals surface area contributed by atoms with Crippen LogP contribution in [-0.2, 0) is 22.6 Å². The Balaban J connectivity index is 1.93. The van der Waals surface area contributed by atoms with Gasteiger partial charge in [-0.3, -0.25) is 4.79 Å². The maximum Gasteiger partial charge on any atom is 0.329 e. The summed E-state index contributed by atoms with van der Waals surface area (Å²) in [5.74, 6) is -0.570. The first-order valence-corrected chi connectivity index (χ1v) is 8.71. The first-order chi connectivity index (χ1) is 11.7. The van der Waals surface area contributed by atoms with E-state index in [0.29, 0.717) is 12.3 Å². The number of carbonyl (C=O) groups excluding carboxylic acids is 1. The van der Waals surface area contributed by atoms with Gasteiger partial charge in [0.05, 0.1) is 12.1 Å². The average Bonchev–Trinajstić information content (AvgIpc) is 3.00. The molecule has 25 heavy (non-hydrogen) atoms. The van der Waals surface area contributed by atoms with Crippen LogP contribution in [0.3, 0.4) is 0 Å². The Morgan fingerprint density at radius 3 is 2.52 bits per heavy atom. The zero-order valence-corrected chi connectivity index (χ0v) is 15.6. The van der Waals surface area contributed by atoms with Gasteiger partial charge in [0, 0.05) is 12.4 Å². The van der Waals surface area contributed by atoms with Crippen molar-refractivity contribution in [3.63, 3.8) is 0 Å². The summed E-state index contributed by atoms with van der Waals surface area (Å²) in [6.07, 6.45) is 0.0637. The van der Waals surface area contributed by atoms with Crippen molar-refractivity contribution in [3.8, 4) is 5.75 Å². The molecule has 0 saturated heterocycles. The van der Waals surface area contributed by atoms with E-state index >= 15 is 0 Å². The Hall–Kier alpha value is -2.41. The van der Waals surface area contributed by atoms with Crippen LogP contribution in [-0.4, -0.2) is 39.5 Å². The lowest BCUT2D eigenvalue weighted by Crippen LogP contribution is -2.51.